The van der Waals surface area contributed by atoms with Gasteiger partial charge in [-0.25, -0.2) is 5.48 Å². The number of hydrogen-bond acceptors (Lipinski definition) is 3. The van der Waals surface area contributed by atoms with Crippen LogP contribution < -0.4 is 10.8 Å². The fourth-order valence-corrected chi connectivity index (χ4v) is 0.908. The van der Waals surface area contributed by atoms with Gasteiger partial charge in [-0.2, -0.15) is 0 Å². The fourth-order valence-electron chi connectivity index (χ4n) is 0.731. The van der Waals surface area contributed by atoms with Crippen molar-refractivity contribution in [3.05, 3.63) is 24.5 Å². The Labute approximate surface area is 82.3 Å². The van der Waals surface area contributed by atoms with E-state index < -0.39 is 0 Å². The minimum absolute atomic E-state index is 0.426. The molecule has 1 aromatic heterocycles. The van der Waals surface area contributed by atoms with E-state index in [0.29, 0.717) is 11.7 Å². The minimum Gasteiger partial charge on any atom is -0.330 e. The molecule has 0 atom stereocenters. The van der Waals surface area contributed by atoms with E-state index in [1.807, 2.05) is 19.1 Å². The molecule has 4 nitrogen and oxygen atoms in total. The number of anilines is 1. The molecule has 0 aromatic carbocycles. The first-order valence-electron chi connectivity index (χ1n) is 3.91. The van der Waals surface area contributed by atoms with E-state index in [4.69, 9.17) is 17.1 Å². The lowest BCUT2D eigenvalue weighted by Gasteiger charge is -2.08. The van der Waals surface area contributed by atoms with E-state index in [1.165, 1.54) is 0 Å². The molecule has 1 aromatic rings. The summed E-state index contributed by atoms with van der Waals surface area (Å²) in [6.45, 7) is 2.44. The first kappa shape index (κ1) is 9.88. The molecule has 1 heterocycles. The van der Waals surface area contributed by atoms with Crippen LogP contribution in [0, 0.1) is 0 Å². The van der Waals surface area contributed by atoms with Gasteiger partial charge in [0.25, 0.3) is 0 Å². The average molecular weight is 197 g/mol. The molecule has 0 radical (unpaired) electrons. The molecule has 5 heteroatoms. The Kier molecular flexibility index (Phi) is 4.14. The lowest BCUT2D eigenvalue weighted by Crippen LogP contribution is -2.28. The van der Waals surface area contributed by atoms with Crippen molar-refractivity contribution in [2.75, 3.05) is 11.9 Å². The number of pyridine rings is 1. The number of rotatable bonds is 3. The maximum Gasteiger partial charge on any atom is 0.195 e. The van der Waals surface area contributed by atoms with Crippen LogP contribution in [0.25, 0.3) is 0 Å². The summed E-state index contributed by atoms with van der Waals surface area (Å²) in [6.07, 6.45) is 3.38. The second-order valence-corrected chi connectivity index (χ2v) is 2.64. The van der Waals surface area contributed by atoms with Gasteiger partial charge in [0.2, 0.25) is 0 Å². The molecule has 0 fully saturated rings. The van der Waals surface area contributed by atoms with E-state index in [2.05, 4.69) is 15.8 Å². The maximum atomic E-state index is 4.93. The number of nitrogens with one attached hydrogen (secondary N) is 2. The van der Waals surface area contributed by atoms with Crippen molar-refractivity contribution in [1.82, 2.24) is 10.5 Å². The standard InChI is InChI=1S/C8H11N3OS/c1-2-12-11-8(13)10-7-4-3-5-9-6-7/h3-6H,2H2,1H3,(H2,10,11,13). The summed E-state index contributed by atoms with van der Waals surface area (Å²) in [6, 6.07) is 3.69. The van der Waals surface area contributed by atoms with Crippen LogP contribution in [0.15, 0.2) is 24.5 Å². The SMILES string of the molecule is CCONC(=S)Nc1cccnc1. The van der Waals surface area contributed by atoms with Gasteiger partial charge in [-0.15, -0.1) is 0 Å². The van der Waals surface area contributed by atoms with Crippen LogP contribution in [-0.4, -0.2) is 16.7 Å². The number of aromatic nitrogens is 1. The highest BCUT2D eigenvalue weighted by Gasteiger charge is 1.94. The normalized spacial score (nSPS) is 9.31. The van der Waals surface area contributed by atoms with Crippen LogP contribution in [0.5, 0.6) is 0 Å². The third-order valence-corrected chi connectivity index (χ3v) is 1.41. The lowest BCUT2D eigenvalue weighted by atomic mass is 10.4. The Morgan fingerprint density at radius 1 is 1.69 bits per heavy atom. The fraction of sp³-hybridized carbons (Fsp3) is 0.250. The molecule has 0 amide bonds. The molecule has 1 rings (SSSR count). The van der Waals surface area contributed by atoms with Gasteiger partial charge in [0.15, 0.2) is 5.11 Å². The minimum atomic E-state index is 0.426. The molecule has 0 unspecified atom stereocenters. The summed E-state index contributed by atoms with van der Waals surface area (Å²) < 4.78 is 0. The van der Waals surface area contributed by atoms with Gasteiger partial charge in [-0.05, 0) is 31.3 Å². The number of hydroxylamine groups is 1. The van der Waals surface area contributed by atoms with Crippen LogP contribution in [-0.2, 0) is 4.84 Å². The summed E-state index contributed by atoms with van der Waals surface area (Å²) >= 11 is 4.93. The third-order valence-electron chi connectivity index (χ3n) is 1.23. The van der Waals surface area contributed by atoms with Crippen molar-refractivity contribution in [2.45, 2.75) is 6.92 Å². The quantitative estimate of drug-likeness (QED) is 0.565. The molecule has 2 N–H and O–H groups in total. The van der Waals surface area contributed by atoms with Gasteiger partial charge in [-0.3, -0.25) is 9.82 Å². The zero-order valence-electron chi connectivity index (χ0n) is 7.28. The van der Waals surface area contributed by atoms with E-state index in [1.54, 1.807) is 12.4 Å². The zero-order chi connectivity index (χ0) is 9.52. The third kappa shape index (κ3) is 3.82. The zero-order valence-corrected chi connectivity index (χ0v) is 8.10. The first-order chi connectivity index (χ1) is 6.33. The van der Waals surface area contributed by atoms with Crippen molar-refractivity contribution in [1.29, 1.82) is 0 Å². The molecular weight excluding hydrogens is 186 g/mol. The predicted octanol–water partition coefficient (Wildman–Crippen LogP) is 1.32. The number of hydrogen-bond donors (Lipinski definition) is 2. The highest BCUT2D eigenvalue weighted by atomic mass is 32.1. The molecular formula is C8H11N3OS. The summed E-state index contributed by atoms with van der Waals surface area (Å²) in [5, 5.41) is 3.34. The van der Waals surface area contributed by atoms with Gasteiger partial charge in [0.05, 0.1) is 18.5 Å². The maximum absolute atomic E-state index is 4.93. The van der Waals surface area contributed by atoms with E-state index >= 15 is 0 Å². The Morgan fingerprint density at radius 2 is 2.54 bits per heavy atom. The second kappa shape index (κ2) is 5.45. The van der Waals surface area contributed by atoms with Crippen LogP contribution in [0.4, 0.5) is 5.69 Å². The van der Waals surface area contributed by atoms with Gasteiger partial charge in [-0.1, -0.05) is 0 Å². The molecule has 0 aliphatic heterocycles. The monoisotopic (exact) mass is 197 g/mol. The van der Waals surface area contributed by atoms with Crippen LogP contribution in [0.1, 0.15) is 6.92 Å². The van der Waals surface area contributed by atoms with E-state index in [9.17, 15) is 0 Å². The average Bonchev–Trinajstić information content (AvgIpc) is 2.16. The Morgan fingerprint density at radius 3 is 3.15 bits per heavy atom. The van der Waals surface area contributed by atoms with Crippen molar-refractivity contribution in [3.63, 3.8) is 0 Å². The molecule has 0 aliphatic rings. The molecule has 0 bridgehead atoms. The van der Waals surface area contributed by atoms with Gasteiger partial charge < -0.3 is 5.32 Å². The second-order valence-electron chi connectivity index (χ2n) is 2.23. The summed E-state index contributed by atoms with van der Waals surface area (Å²) in [4.78, 5) is 8.82. The molecule has 0 saturated carbocycles. The van der Waals surface area contributed by atoms with Crippen molar-refractivity contribution < 1.29 is 4.84 Å². The predicted molar refractivity (Wildman–Crippen MR) is 55.2 cm³/mol. The largest absolute Gasteiger partial charge is 0.330 e. The van der Waals surface area contributed by atoms with Crippen LogP contribution >= 0.6 is 12.2 Å². The molecule has 0 aliphatic carbocycles. The van der Waals surface area contributed by atoms with Gasteiger partial charge >= 0.3 is 0 Å². The smallest absolute Gasteiger partial charge is 0.195 e. The van der Waals surface area contributed by atoms with E-state index in [-0.39, 0.29) is 0 Å². The van der Waals surface area contributed by atoms with E-state index in [0.717, 1.165) is 5.69 Å². The molecule has 0 spiro atoms. The highest BCUT2D eigenvalue weighted by Crippen LogP contribution is 2.01. The van der Waals surface area contributed by atoms with Gasteiger partial charge in [0, 0.05) is 6.20 Å². The lowest BCUT2D eigenvalue weighted by molar-refractivity contribution is 0.0986. The Balaban J connectivity index is 2.37. The highest BCUT2D eigenvalue weighted by molar-refractivity contribution is 7.80. The van der Waals surface area contributed by atoms with Crippen molar-refractivity contribution >= 4 is 23.0 Å². The summed E-state index contributed by atoms with van der Waals surface area (Å²) in [7, 11) is 0. The van der Waals surface area contributed by atoms with Crippen LogP contribution in [0.3, 0.4) is 0 Å². The van der Waals surface area contributed by atoms with Crippen LogP contribution in [0.2, 0.25) is 0 Å². The van der Waals surface area contributed by atoms with Crippen molar-refractivity contribution in [3.8, 4) is 0 Å². The number of nitrogens with zero attached hydrogens (tertiary/aromatic N) is 1. The Hall–Kier alpha value is -1.20. The summed E-state index contributed by atoms with van der Waals surface area (Å²) in [5.74, 6) is 0. The number of thiocarbonyl (C=S) groups is 1. The Bertz CT molecular complexity index is 265. The molecule has 70 valence electrons. The topological polar surface area (TPSA) is 46.2 Å². The van der Waals surface area contributed by atoms with Gasteiger partial charge in [0.1, 0.15) is 0 Å². The van der Waals surface area contributed by atoms with Crippen molar-refractivity contribution in [2.24, 2.45) is 0 Å². The summed E-state index contributed by atoms with van der Waals surface area (Å²) in [5.41, 5.74) is 3.41. The first-order valence-corrected chi connectivity index (χ1v) is 4.32. The molecule has 13 heavy (non-hydrogen) atoms. The molecule has 0 saturated heterocycles.